The third-order valence-electron chi connectivity index (χ3n) is 2.18. The molecule has 16 heavy (non-hydrogen) atoms. The van der Waals surface area contributed by atoms with Gasteiger partial charge in [-0.1, -0.05) is 11.6 Å². The number of rotatable bonds is 4. The van der Waals surface area contributed by atoms with Gasteiger partial charge in [-0.2, -0.15) is 11.3 Å². The second kappa shape index (κ2) is 5.23. The van der Waals surface area contributed by atoms with Crippen molar-refractivity contribution < 1.29 is 4.74 Å². The molecule has 1 heterocycles. The zero-order chi connectivity index (χ0) is 11.4. The maximum atomic E-state index is 5.99. The minimum atomic E-state index is 0.560. The van der Waals surface area contributed by atoms with Crippen LogP contribution in [-0.4, -0.2) is 6.61 Å². The topological polar surface area (TPSA) is 35.2 Å². The van der Waals surface area contributed by atoms with Crippen LogP contribution in [0.4, 0.5) is 5.69 Å². The molecule has 0 saturated heterocycles. The molecule has 2 aromatic rings. The Balaban J connectivity index is 1.90. The summed E-state index contributed by atoms with van der Waals surface area (Å²) in [4.78, 5) is 0. The van der Waals surface area contributed by atoms with Crippen molar-refractivity contribution in [2.24, 2.45) is 0 Å². The van der Waals surface area contributed by atoms with E-state index < -0.39 is 0 Å². The first-order valence-electron chi connectivity index (χ1n) is 4.94. The molecule has 4 heteroatoms. The number of nitrogens with two attached hydrogens (primary N) is 1. The monoisotopic (exact) mass is 253 g/mol. The minimum absolute atomic E-state index is 0.560. The molecule has 0 aliphatic carbocycles. The summed E-state index contributed by atoms with van der Waals surface area (Å²) >= 11 is 7.68. The van der Waals surface area contributed by atoms with E-state index in [9.17, 15) is 0 Å². The van der Waals surface area contributed by atoms with Gasteiger partial charge in [0.2, 0.25) is 0 Å². The molecule has 2 rings (SSSR count). The highest BCUT2D eigenvalue weighted by Crippen LogP contribution is 2.26. The van der Waals surface area contributed by atoms with E-state index in [0.29, 0.717) is 23.1 Å². The molecular weight excluding hydrogens is 242 g/mol. The zero-order valence-electron chi connectivity index (χ0n) is 8.65. The van der Waals surface area contributed by atoms with Crippen molar-refractivity contribution in [1.82, 2.24) is 0 Å². The second-order valence-corrected chi connectivity index (χ2v) is 4.61. The van der Waals surface area contributed by atoms with Gasteiger partial charge in [0.1, 0.15) is 5.75 Å². The predicted molar refractivity (Wildman–Crippen MR) is 69.4 cm³/mol. The van der Waals surface area contributed by atoms with Crippen molar-refractivity contribution in [2.75, 3.05) is 12.3 Å². The van der Waals surface area contributed by atoms with Crippen LogP contribution in [0.25, 0.3) is 0 Å². The van der Waals surface area contributed by atoms with Crippen LogP contribution in [0.3, 0.4) is 0 Å². The Morgan fingerprint density at radius 2 is 2.19 bits per heavy atom. The molecule has 2 N–H and O–H groups in total. The van der Waals surface area contributed by atoms with Gasteiger partial charge in [0, 0.05) is 12.1 Å². The zero-order valence-corrected chi connectivity index (χ0v) is 10.2. The molecule has 0 saturated carbocycles. The highest BCUT2D eigenvalue weighted by molar-refractivity contribution is 7.07. The summed E-state index contributed by atoms with van der Waals surface area (Å²) in [6.45, 7) is 0.625. The van der Waals surface area contributed by atoms with E-state index >= 15 is 0 Å². The average molecular weight is 254 g/mol. The average Bonchev–Trinajstić information content (AvgIpc) is 2.74. The third kappa shape index (κ3) is 2.90. The first-order chi connectivity index (χ1) is 7.75. The van der Waals surface area contributed by atoms with Gasteiger partial charge in [0.25, 0.3) is 0 Å². The van der Waals surface area contributed by atoms with Crippen LogP contribution in [0.15, 0.2) is 35.0 Å². The molecular formula is C12H12ClNOS. The van der Waals surface area contributed by atoms with Crippen molar-refractivity contribution >= 4 is 28.6 Å². The van der Waals surface area contributed by atoms with Gasteiger partial charge >= 0.3 is 0 Å². The molecule has 0 spiro atoms. The van der Waals surface area contributed by atoms with Crippen molar-refractivity contribution in [3.63, 3.8) is 0 Å². The Hall–Kier alpha value is -1.19. The molecule has 0 fully saturated rings. The van der Waals surface area contributed by atoms with E-state index in [1.54, 1.807) is 29.5 Å². The van der Waals surface area contributed by atoms with Crippen LogP contribution >= 0.6 is 22.9 Å². The van der Waals surface area contributed by atoms with Gasteiger partial charge in [-0.05, 0) is 40.6 Å². The SMILES string of the molecule is Nc1ccc(OCCc2ccsc2)c(Cl)c1. The van der Waals surface area contributed by atoms with E-state index in [1.807, 2.05) is 0 Å². The fourth-order valence-electron chi connectivity index (χ4n) is 1.35. The van der Waals surface area contributed by atoms with E-state index in [1.165, 1.54) is 5.56 Å². The summed E-state index contributed by atoms with van der Waals surface area (Å²) in [5.74, 6) is 0.686. The van der Waals surface area contributed by atoms with Crippen LogP contribution in [0, 0.1) is 0 Å². The van der Waals surface area contributed by atoms with Crippen LogP contribution in [0.5, 0.6) is 5.75 Å². The second-order valence-electron chi connectivity index (χ2n) is 3.42. The molecule has 0 radical (unpaired) electrons. The molecule has 2 nitrogen and oxygen atoms in total. The van der Waals surface area contributed by atoms with Crippen LogP contribution in [-0.2, 0) is 6.42 Å². The largest absolute Gasteiger partial charge is 0.492 e. The van der Waals surface area contributed by atoms with Crippen molar-refractivity contribution in [2.45, 2.75) is 6.42 Å². The Morgan fingerprint density at radius 3 is 2.88 bits per heavy atom. The molecule has 0 bridgehead atoms. The normalized spacial score (nSPS) is 10.3. The highest BCUT2D eigenvalue weighted by atomic mass is 35.5. The molecule has 0 aliphatic heterocycles. The lowest BCUT2D eigenvalue weighted by molar-refractivity contribution is 0.322. The number of halogens is 1. The highest BCUT2D eigenvalue weighted by Gasteiger charge is 2.01. The first-order valence-corrected chi connectivity index (χ1v) is 6.26. The van der Waals surface area contributed by atoms with E-state index in [2.05, 4.69) is 16.8 Å². The van der Waals surface area contributed by atoms with Gasteiger partial charge in [0.05, 0.1) is 11.6 Å². The van der Waals surface area contributed by atoms with Gasteiger partial charge in [-0.25, -0.2) is 0 Å². The summed E-state index contributed by atoms with van der Waals surface area (Å²) < 4.78 is 5.58. The summed E-state index contributed by atoms with van der Waals surface area (Å²) in [7, 11) is 0. The van der Waals surface area contributed by atoms with E-state index in [0.717, 1.165) is 6.42 Å². The predicted octanol–water partition coefficient (Wildman–Crippen LogP) is 3.61. The molecule has 0 atom stereocenters. The summed E-state index contributed by atoms with van der Waals surface area (Å²) in [5.41, 5.74) is 7.53. The van der Waals surface area contributed by atoms with Crippen LogP contribution in [0.1, 0.15) is 5.56 Å². The number of hydrogen-bond acceptors (Lipinski definition) is 3. The van der Waals surface area contributed by atoms with E-state index in [-0.39, 0.29) is 0 Å². The Labute approximate surface area is 104 Å². The quantitative estimate of drug-likeness (QED) is 0.845. The Kier molecular flexibility index (Phi) is 3.70. The molecule has 0 amide bonds. The number of nitrogen functional groups attached to an aromatic ring is 1. The van der Waals surface area contributed by atoms with Crippen molar-refractivity contribution in [3.8, 4) is 5.75 Å². The molecule has 0 unspecified atom stereocenters. The molecule has 1 aromatic carbocycles. The lowest BCUT2D eigenvalue weighted by Crippen LogP contribution is -2.01. The number of thiophene rings is 1. The van der Waals surface area contributed by atoms with Crippen molar-refractivity contribution in [1.29, 1.82) is 0 Å². The fourth-order valence-corrected chi connectivity index (χ4v) is 2.29. The standard InChI is InChI=1S/C12H12ClNOS/c13-11-7-10(14)1-2-12(11)15-5-3-9-4-6-16-8-9/h1-2,4,6-8H,3,5,14H2. The maximum absolute atomic E-state index is 5.99. The smallest absolute Gasteiger partial charge is 0.138 e. The van der Waals surface area contributed by atoms with Gasteiger partial charge in [-0.3, -0.25) is 0 Å². The summed E-state index contributed by atoms with van der Waals surface area (Å²) in [6.07, 6.45) is 0.893. The minimum Gasteiger partial charge on any atom is -0.492 e. The molecule has 84 valence electrons. The number of benzene rings is 1. The first kappa shape index (κ1) is 11.3. The fraction of sp³-hybridized carbons (Fsp3) is 0.167. The lowest BCUT2D eigenvalue weighted by atomic mass is 10.2. The summed E-state index contributed by atoms with van der Waals surface area (Å²) in [6, 6.07) is 7.37. The lowest BCUT2D eigenvalue weighted by Gasteiger charge is -2.07. The van der Waals surface area contributed by atoms with Gasteiger partial charge in [0.15, 0.2) is 0 Å². The summed E-state index contributed by atoms with van der Waals surface area (Å²) in [5, 5.41) is 4.74. The van der Waals surface area contributed by atoms with Crippen molar-refractivity contribution in [3.05, 3.63) is 45.6 Å². The molecule has 0 aliphatic rings. The number of ether oxygens (including phenoxy) is 1. The third-order valence-corrected chi connectivity index (χ3v) is 3.21. The number of anilines is 1. The Bertz CT molecular complexity index is 456. The van der Waals surface area contributed by atoms with Gasteiger partial charge in [-0.15, -0.1) is 0 Å². The Morgan fingerprint density at radius 1 is 1.31 bits per heavy atom. The van der Waals surface area contributed by atoms with Gasteiger partial charge < -0.3 is 10.5 Å². The number of hydrogen-bond donors (Lipinski definition) is 1. The van der Waals surface area contributed by atoms with Crippen LogP contribution in [0.2, 0.25) is 5.02 Å². The molecule has 1 aromatic heterocycles. The van der Waals surface area contributed by atoms with Crippen LogP contribution < -0.4 is 10.5 Å². The van der Waals surface area contributed by atoms with E-state index in [4.69, 9.17) is 22.1 Å². The maximum Gasteiger partial charge on any atom is 0.138 e.